The van der Waals surface area contributed by atoms with E-state index in [0.717, 1.165) is 6.42 Å². The van der Waals surface area contributed by atoms with Gasteiger partial charge in [-0.1, -0.05) is 76.1 Å². The van der Waals surface area contributed by atoms with Gasteiger partial charge in [-0.05, 0) is 18.4 Å². The summed E-state index contributed by atoms with van der Waals surface area (Å²) in [5, 5.41) is 10.9. The summed E-state index contributed by atoms with van der Waals surface area (Å²) in [7, 11) is 0. The van der Waals surface area contributed by atoms with E-state index in [0.29, 0.717) is 0 Å². The first-order chi connectivity index (χ1) is 8.33. The molecule has 0 bridgehead atoms. The molecule has 0 aromatic heterocycles. The molecule has 0 aliphatic rings. The summed E-state index contributed by atoms with van der Waals surface area (Å²) in [5.41, 5.74) is 1.30. The van der Waals surface area contributed by atoms with Crippen LogP contribution in [0.2, 0.25) is 0 Å². The Morgan fingerprint density at radius 2 is 1.28 bits per heavy atom. The van der Waals surface area contributed by atoms with Crippen LogP contribution in [0.3, 0.4) is 0 Å². The number of aryl methyl sites for hydroxylation is 1. The Bertz CT molecular complexity index is 282. The fourth-order valence-corrected chi connectivity index (χ4v) is 2.12. The summed E-state index contributed by atoms with van der Waals surface area (Å²) in [6.07, 6.45) is 12.0. The fourth-order valence-electron chi connectivity index (χ4n) is 2.12. The van der Waals surface area contributed by atoms with Gasteiger partial charge in [-0.2, -0.15) is 0 Å². The van der Waals surface area contributed by atoms with Crippen molar-refractivity contribution in [2.45, 2.75) is 64.7 Å². The molecule has 0 saturated carbocycles. The van der Waals surface area contributed by atoms with Crippen molar-refractivity contribution in [1.29, 1.82) is 0 Å². The van der Waals surface area contributed by atoms with Crippen LogP contribution in [0.5, 0.6) is 5.75 Å². The van der Waals surface area contributed by atoms with Gasteiger partial charge >= 0.3 is 29.6 Å². The molecule has 0 fully saturated rings. The minimum atomic E-state index is 0. The Hall–Kier alpha value is 0.0200. The molecule has 0 N–H and O–H groups in total. The zero-order valence-corrected chi connectivity index (χ0v) is 14.1. The van der Waals surface area contributed by atoms with E-state index in [2.05, 4.69) is 6.92 Å². The molecule has 1 aromatic rings. The van der Waals surface area contributed by atoms with Gasteiger partial charge < -0.3 is 5.11 Å². The van der Waals surface area contributed by atoms with Crippen molar-refractivity contribution in [2.75, 3.05) is 0 Å². The molecule has 1 nitrogen and oxygen atoms in total. The third-order valence-electron chi connectivity index (χ3n) is 3.24. The zero-order chi connectivity index (χ0) is 12.3. The maximum absolute atomic E-state index is 10.9. The first-order valence-electron chi connectivity index (χ1n) is 7.09. The molecular formula is C16H25NaO. The molecule has 0 heterocycles. The molecule has 0 atom stereocenters. The largest absolute Gasteiger partial charge is 1.00 e. The van der Waals surface area contributed by atoms with E-state index in [-0.39, 0.29) is 35.3 Å². The molecule has 2 heteroatoms. The number of benzene rings is 1. The number of hydrogen-bond donors (Lipinski definition) is 0. The number of hydrogen-bond acceptors (Lipinski definition) is 1. The monoisotopic (exact) mass is 256 g/mol. The third kappa shape index (κ3) is 9.02. The predicted octanol–water partition coefficient (Wildman–Crippen LogP) is 1.45. The zero-order valence-electron chi connectivity index (χ0n) is 12.1. The Balaban J connectivity index is 0.00000289. The van der Waals surface area contributed by atoms with Gasteiger partial charge in [0.05, 0.1) is 0 Å². The fraction of sp³-hybridized carbons (Fsp3) is 0.625. The third-order valence-corrected chi connectivity index (χ3v) is 3.24. The predicted molar refractivity (Wildman–Crippen MR) is 72.2 cm³/mol. The van der Waals surface area contributed by atoms with Gasteiger partial charge in [0.15, 0.2) is 0 Å². The maximum Gasteiger partial charge on any atom is 1.00 e. The van der Waals surface area contributed by atoms with Crippen LogP contribution in [0.25, 0.3) is 0 Å². The van der Waals surface area contributed by atoms with E-state index in [1.54, 1.807) is 12.1 Å². The first kappa shape index (κ1) is 18.0. The molecule has 0 unspecified atom stereocenters. The minimum absolute atomic E-state index is 0. The molecule has 18 heavy (non-hydrogen) atoms. The van der Waals surface area contributed by atoms with Crippen molar-refractivity contribution in [1.82, 2.24) is 0 Å². The van der Waals surface area contributed by atoms with E-state index in [9.17, 15) is 5.11 Å². The SMILES string of the molecule is CCCCCCCCCCc1ccc([O-])cc1.[Na+]. The summed E-state index contributed by atoms with van der Waals surface area (Å²) < 4.78 is 0. The van der Waals surface area contributed by atoms with Crippen LogP contribution in [0.15, 0.2) is 24.3 Å². The Morgan fingerprint density at radius 1 is 0.778 bits per heavy atom. The van der Waals surface area contributed by atoms with Crippen LogP contribution < -0.4 is 34.7 Å². The smallest absolute Gasteiger partial charge is 0.872 e. The van der Waals surface area contributed by atoms with Crippen molar-refractivity contribution < 1.29 is 34.7 Å². The van der Waals surface area contributed by atoms with Crippen molar-refractivity contribution in [3.05, 3.63) is 29.8 Å². The van der Waals surface area contributed by atoms with E-state index in [4.69, 9.17) is 0 Å². The van der Waals surface area contributed by atoms with Crippen molar-refractivity contribution in [2.24, 2.45) is 0 Å². The van der Waals surface area contributed by atoms with Gasteiger partial charge in [-0.3, -0.25) is 0 Å². The maximum atomic E-state index is 10.9. The average Bonchev–Trinajstić information content (AvgIpc) is 2.35. The van der Waals surface area contributed by atoms with Gasteiger partial charge in [-0.25, -0.2) is 0 Å². The van der Waals surface area contributed by atoms with Crippen molar-refractivity contribution >= 4 is 0 Å². The second-order valence-electron chi connectivity index (χ2n) is 4.87. The Labute approximate surface area is 134 Å². The second kappa shape index (κ2) is 12.1. The van der Waals surface area contributed by atoms with Crippen LogP contribution in [0, 0.1) is 0 Å². The quantitative estimate of drug-likeness (QED) is 0.484. The molecule has 1 rings (SSSR count). The summed E-state index contributed by atoms with van der Waals surface area (Å²) in [6, 6.07) is 7.26. The summed E-state index contributed by atoms with van der Waals surface area (Å²) in [4.78, 5) is 0. The standard InChI is InChI=1S/C16H26O.Na/c1-2-3-4-5-6-7-8-9-10-15-11-13-16(17)14-12-15;/h11-14,17H,2-10H2,1H3;/q;+1/p-1. The van der Waals surface area contributed by atoms with Gasteiger partial charge in [0, 0.05) is 0 Å². The molecule has 96 valence electrons. The second-order valence-corrected chi connectivity index (χ2v) is 4.87. The molecule has 0 aliphatic heterocycles. The summed E-state index contributed by atoms with van der Waals surface area (Å²) >= 11 is 0. The van der Waals surface area contributed by atoms with Gasteiger partial charge in [0.1, 0.15) is 0 Å². The summed E-state index contributed by atoms with van der Waals surface area (Å²) in [6.45, 7) is 2.26. The van der Waals surface area contributed by atoms with Crippen LogP contribution in [-0.2, 0) is 6.42 Å². The molecule has 0 amide bonds. The first-order valence-corrected chi connectivity index (χ1v) is 7.09. The minimum Gasteiger partial charge on any atom is -0.872 e. The van der Waals surface area contributed by atoms with Crippen LogP contribution in [-0.4, -0.2) is 0 Å². The van der Waals surface area contributed by atoms with Gasteiger partial charge in [0.2, 0.25) is 0 Å². The molecule has 0 saturated heterocycles. The molecule has 0 spiro atoms. The summed E-state index contributed by atoms with van der Waals surface area (Å²) in [5.74, 6) is 0.115. The number of unbranched alkanes of at least 4 members (excludes halogenated alkanes) is 7. The van der Waals surface area contributed by atoms with E-state index in [1.165, 1.54) is 56.9 Å². The van der Waals surface area contributed by atoms with E-state index < -0.39 is 0 Å². The Morgan fingerprint density at radius 3 is 1.83 bits per heavy atom. The van der Waals surface area contributed by atoms with Crippen molar-refractivity contribution in [3.63, 3.8) is 0 Å². The normalized spacial score (nSPS) is 10.1. The van der Waals surface area contributed by atoms with E-state index in [1.807, 2.05) is 12.1 Å². The molecule has 0 radical (unpaired) electrons. The van der Waals surface area contributed by atoms with Crippen LogP contribution >= 0.6 is 0 Å². The Kier molecular flexibility index (Phi) is 12.1. The van der Waals surface area contributed by atoms with Crippen LogP contribution in [0.4, 0.5) is 0 Å². The molecule has 1 aromatic carbocycles. The average molecular weight is 256 g/mol. The van der Waals surface area contributed by atoms with Gasteiger partial charge in [-0.15, -0.1) is 5.75 Å². The number of rotatable bonds is 9. The topological polar surface area (TPSA) is 23.1 Å². The van der Waals surface area contributed by atoms with Gasteiger partial charge in [0.25, 0.3) is 0 Å². The van der Waals surface area contributed by atoms with Crippen molar-refractivity contribution in [3.8, 4) is 5.75 Å². The molecule has 0 aliphatic carbocycles. The van der Waals surface area contributed by atoms with E-state index >= 15 is 0 Å². The van der Waals surface area contributed by atoms with Crippen LogP contribution in [0.1, 0.15) is 63.9 Å². The molecular weight excluding hydrogens is 231 g/mol.